The van der Waals surface area contributed by atoms with Crippen LogP contribution < -0.4 is 11.1 Å². The zero-order chi connectivity index (χ0) is 13.9. The monoisotopic (exact) mass is 267 g/mol. The van der Waals surface area contributed by atoms with Crippen LogP contribution in [0.4, 0.5) is 24.8 Å². The summed E-state index contributed by atoms with van der Waals surface area (Å²) in [5.74, 6) is 0.756. The summed E-state index contributed by atoms with van der Waals surface area (Å²) in [4.78, 5) is 3.97. The molecule has 0 spiro atoms. The fourth-order valence-electron chi connectivity index (χ4n) is 1.69. The minimum Gasteiger partial charge on any atom is -0.384 e. The molecule has 2 rings (SSSR count). The number of nitrogen functional groups attached to an aromatic ring is 1. The lowest BCUT2D eigenvalue weighted by Crippen LogP contribution is -2.12. The van der Waals surface area contributed by atoms with Crippen LogP contribution in [0.5, 0.6) is 0 Å². The fraction of sp³-hybridized carbons (Fsp3) is 0.154. The molecule has 2 aromatic rings. The highest BCUT2D eigenvalue weighted by molar-refractivity contribution is 5.43. The van der Waals surface area contributed by atoms with Crippen LogP contribution >= 0.6 is 0 Å². The van der Waals surface area contributed by atoms with Crippen LogP contribution in [-0.2, 0) is 12.7 Å². The Balaban J connectivity index is 2.16. The van der Waals surface area contributed by atoms with Crippen molar-refractivity contribution in [2.24, 2.45) is 0 Å². The molecule has 6 heteroatoms. The third-order valence-corrected chi connectivity index (χ3v) is 2.55. The number of halogens is 3. The molecule has 0 saturated carbocycles. The van der Waals surface area contributed by atoms with Crippen LogP contribution in [0.15, 0.2) is 42.5 Å². The van der Waals surface area contributed by atoms with Gasteiger partial charge in [-0.25, -0.2) is 4.98 Å². The number of nitrogens with two attached hydrogens (primary N) is 1. The Labute approximate surface area is 108 Å². The molecule has 0 aliphatic rings. The summed E-state index contributed by atoms with van der Waals surface area (Å²) >= 11 is 0. The maximum Gasteiger partial charge on any atom is 0.416 e. The number of benzene rings is 1. The summed E-state index contributed by atoms with van der Waals surface area (Å²) in [6.45, 7) is 0.0339. The van der Waals surface area contributed by atoms with Crippen LogP contribution in [0.25, 0.3) is 0 Å². The molecule has 0 fully saturated rings. The largest absolute Gasteiger partial charge is 0.416 e. The maximum atomic E-state index is 12.8. The highest BCUT2D eigenvalue weighted by atomic mass is 19.4. The Bertz CT molecular complexity index is 567. The normalized spacial score (nSPS) is 11.3. The van der Waals surface area contributed by atoms with Crippen LogP contribution in [0.2, 0.25) is 0 Å². The van der Waals surface area contributed by atoms with Gasteiger partial charge in [0.1, 0.15) is 11.6 Å². The quantitative estimate of drug-likeness (QED) is 0.897. The SMILES string of the molecule is Nc1cccc(NCc2ccccc2C(F)(F)F)n1. The van der Waals surface area contributed by atoms with Gasteiger partial charge in [0, 0.05) is 6.54 Å². The lowest BCUT2D eigenvalue weighted by molar-refractivity contribution is -0.138. The smallest absolute Gasteiger partial charge is 0.384 e. The van der Waals surface area contributed by atoms with Crippen molar-refractivity contribution in [3.63, 3.8) is 0 Å². The average Bonchev–Trinajstić information content (AvgIpc) is 2.36. The van der Waals surface area contributed by atoms with Gasteiger partial charge in [0.15, 0.2) is 0 Å². The van der Waals surface area contributed by atoms with Crippen molar-refractivity contribution in [2.45, 2.75) is 12.7 Å². The van der Waals surface area contributed by atoms with E-state index in [0.717, 1.165) is 6.07 Å². The molecule has 0 saturated heterocycles. The highest BCUT2D eigenvalue weighted by Crippen LogP contribution is 2.32. The molecule has 100 valence electrons. The van der Waals surface area contributed by atoms with Crippen molar-refractivity contribution in [2.75, 3.05) is 11.1 Å². The third kappa shape index (κ3) is 3.37. The molecule has 1 aromatic heterocycles. The van der Waals surface area contributed by atoms with Crippen LogP contribution in [-0.4, -0.2) is 4.98 Å². The molecule has 1 heterocycles. The topological polar surface area (TPSA) is 50.9 Å². The van der Waals surface area contributed by atoms with Crippen molar-refractivity contribution < 1.29 is 13.2 Å². The van der Waals surface area contributed by atoms with E-state index in [1.807, 2.05) is 0 Å². The van der Waals surface area contributed by atoms with E-state index < -0.39 is 11.7 Å². The number of alkyl halides is 3. The Kier molecular flexibility index (Phi) is 3.59. The van der Waals surface area contributed by atoms with E-state index in [-0.39, 0.29) is 12.1 Å². The summed E-state index contributed by atoms with van der Waals surface area (Å²) in [6.07, 6.45) is -4.36. The predicted octanol–water partition coefficient (Wildman–Crippen LogP) is 3.29. The lowest BCUT2D eigenvalue weighted by atomic mass is 10.1. The zero-order valence-electron chi connectivity index (χ0n) is 9.91. The maximum absolute atomic E-state index is 12.8. The number of anilines is 2. The number of aromatic nitrogens is 1. The van der Waals surface area contributed by atoms with E-state index >= 15 is 0 Å². The first-order valence-corrected chi connectivity index (χ1v) is 5.58. The van der Waals surface area contributed by atoms with Crippen molar-refractivity contribution in [3.05, 3.63) is 53.6 Å². The van der Waals surface area contributed by atoms with Gasteiger partial charge in [-0.2, -0.15) is 13.2 Å². The Morgan fingerprint density at radius 2 is 1.79 bits per heavy atom. The van der Waals surface area contributed by atoms with Crippen LogP contribution in [0, 0.1) is 0 Å². The van der Waals surface area contributed by atoms with Gasteiger partial charge < -0.3 is 11.1 Å². The van der Waals surface area contributed by atoms with E-state index in [0.29, 0.717) is 11.6 Å². The van der Waals surface area contributed by atoms with Gasteiger partial charge in [-0.05, 0) is 23.8 Å². The molecular weight excluding hydrogens is 255 g/mol. The molecule has 0 atom stereocenters. The Morgan fingerprint density at radius 3 is 2.47 bits per heavy atom. The van der Waals surface area contributed by atoms with Gasteiger partial charge in [-0.15, -0.1) is 0 Å². The molecule has 3 nitrogen and oxygen atoms in total. The van der Waals surface area contributed by atoms with Gasteiger partial charge >= 0.3 is 6.18 Å². The van der Waals surface area contributed by atoms with Gasteiger partial charge in [-0.1, -0.05) is 24.3 Å². The summed E-state index contributed by atoms with van der Waals surface area (Å²) < 4.78 is 38.3. The van der Waals surface area contributed by atoms with E-state index in [2.05, 4.69) is 10.3 Å². The number of hydrogen-bond donors (Lipinski definition) is 2. The van der Waals surface area contributed by atoms with E-state index in [1.165, 1.54) is 12.1 Å². The standard InChI is InChI=1S/C13H12F3N3/c14-13(15,16)10-5-2-1-4-9(10)8-18-12-7-3-6-11(17)19-12/h1-7H,8H2,(H3,17,18,19). The minimum absolute atomic E-state index is 0.0339. The molecule has 0 aliphatic heterocycles. The van der Waals surface area contributed by atoms with Gasteiger partial charge in [-0.3, -0.25) is 0 Å². The number of nitrogens with zero attached hydrogens (tertiary/aromatic N) is 1. The molecule has 1 aromatic carbocycles. The molecule has 3 N–H and O–H groups in total. The fourth-order valence-corrected chi connectivity index (χ4v) is 1.69. The van der Waals surface area contributed by atoms with Crippen molar-refractivity contribution in [1.29, 1.82) is 0 Å². The molecular formula is C13H12F3N3. The molecule has 0 aliphatic carbocycles. The first-order chi connectivity index (χ1) is 8.97. The van der Waals surface area contributed by atoms with Crippen molar-refractivity contribution in [1.82, 2.24) is 4.98 Å². The van der Waals surface area contributed by atoms with Gasteiger partial charge in [0.2, 0.25) is 0 Å². The third-order valence-electron chi connectivity index (χ3n) is 2.55. The van der Waals surface area contributed by atoms with E-state index in [1.54, 1.807) is 24.3 Å². The second kappa shape index (κ2) is 5.17. The Hall–Kier alpha value is -2.24. The molecule has 0 radical (unpaired) electrons. The average molecular weight is 267 g/mol. The molecule has 0 unspecified atom stereocenters. The van der Waals surface area contributed by atoms with Gasteiger partial charge in [0.05, 0.1) is 5.56 Å². The summed E-state index contributed by atoms with van der Waals surface area (Å²) in [6, 6.07) is 10.4. The summed E-state index contributed by atoms with van der Waals surface area (Å²) in [5.41, 5.74) is 5.01. The van der Waals surface area contributed by atoms with Crippen molar-refractivity contribution >= 4 is 11.6 Å². The van der Waals surface area contributed by atoms with Gasteiger partial charge in [0.25, 0.3) is 0 Å². The predicted molar refractivity (Wildman–Crippen MR) is 67.4 cm³/mol. The number of pyridine rings is 1. The summed E-state index contributed by atoms with van der Waals surface area (Å²) in [7, 11) is 0. The van der Waals surface area contributed by atoms with Crippen molar-refractivity contribution in [3.8, 4) is 0 Å². The molecule has 0 bridgehead atoms. The van der Waals surface area contributed by atoms with E-state index in [4.69, 9.17) is 5.73 Å². The first-order valence-electron chi connectivity index (χ1n) is 5.58. The first kappa shape index (κ1) is 13.2. The number of hydrogen-bond acceptors (Lipinski definition) is 3. The second-order valence-corrected chi connectivity index (χ2v) is 3.96. The Morgan fingerprint density at radius 1 is 1.05 bits per heavy atom. The van der Waals surface area contributed by atoms with Crippen LogP contribution in [0.1, 0.15) is 11.1 Å². The molecule has 19 heavy (non-hydrogen) atoms. The summed E-state index contributed by atoms with van der Waals surface area (Å²) in [5, 5.41) is 2.82. The number of nitrogens with one attached hydrogen (secondary N) is 1. The second-order valence-electron chi connectivity index (χ2n) is 3.96. The van der Waals surface area contributed by atoms with E-state index in [9.17, 15) is 13.2 Å². The van der Waals surface area contributed by atoms with Crippen LogP contribution in [0.3, 0.4) is 0 Å². The lowest BCUT2D eigenvalue weighted by Gasteiger charge is -2.13. The molecule has 0 amide bonds. The highest BCUT2D eigenvalue weighted by Gasteiger charge is 2.32. The number of rotatable bonds is 3. The zero-order valence-corrected chi connectivity index (χ0v) is 9.91. The minimum atomic E-state index is -4.36.